The first-order chi connectivity index (χ1) is 8.52. The molecule has 92 valence electrons. The number of carboxylic acid groups (broad SMARTS) is 1. The molecule has 0 amide bonds. The smallest absolute Gasteiger partial charge is 0.358 e. The second-order valence-corrected chi connectivity index (χ2v) is 4.02. The van der Waals surface area contributed by atoms with Crippen LogP contribution in [0.1, 0.15) is 32.0 Å². The van der Waals surface area contributed by atoms with Crippen LogP contribution in [0.2, 0.25) is 0 Å². The van der Waals surface area contributed by atoms with Crippen molar-refractivity contribution in [2.75, 3.05) is 0 Å². The van der Waals surface area contributed by atoms with Crippen molar-refractivity contribution in [1.82, 2.24) is 5.16 Å². The van der Waals surface area contributed by atoms with E-state index in [1.54, 1.807) is 12.1 Å². The molecule has 0 spiro atoms. The molecule has 0 saturated heterocycles. The van der Waals surface area contributed by atoms with Gasteiger partial charge in [-0.2, -0.15) is 0 Å². The second kappa shape index (κ2) is 4.44. The van der Waals surface area contributed by atoms with Crippen molar-refractivity contribution in [2.45, 2.75) is 13.8 Å². The maximum Gasteiger partial charge on any atom is 0.358 e. The van der Waals surface area contributed by atoms with Gasteiger partial charge >= 0.3 is 5.97 Å². The number of rotatable bonds is 3. The summed E-state index contributed by atoms with van der Waals surface area (Å²) in [5, 5.41) is 12.2. The first-order valence-corrected chi connectivity index (χ1v) is 5.29. The van der Waals surface area contributed by atoms with Gasteiger partial charge in [0.15, 0.2) is 17.7 Å². The lowest BCUT2D eigenvalue weighted by atomic mass is 9.99. The van der Waals surface area contributed by atoms with Gasteiger partial charge in [-0.3, -0.25) is 4.79 Å². The molecule has 1 N–H and O–H groups in total. The van der Waals surface area contributed by atoms with E-state index in [2.05, 4.69) is 5.16 Å². The highest BCUT2D eigenvalue weighted by molar-refractivity contribution is 5.90. The average molecular weight is 245 g/mol. The monoisotopic (exact) mass is 245 g/mol. The van der Waals surface area contributed by atoms with Crippen LogP contribution in [0.5, 0.6) is 0 Å². The minimum Gasteiger partial charge on any atom is -0.476 e. The van der Waals surface area contributed by atoms with Crippen molar-refractivity contribution in [1.29, 1.82) is 0 Å². The fourth-order valence-corrected chi connectivity index (χ4v) is 1.65. The number of carbonyl (C=O) groups is 2. The van der Waals surface area contributed by atoms with Gasteiger partial charge in [0, 0.05) is 17.2 Å². The van der Waals surface area contributed by atoms with Crippen LogP contribution in [-0.4, -0.2) is 22.5 Å². The standard InChI is InChI=1S/C13H11NO4/c1-7-3-9(6-15)10(4-8(7)2)12-5-11(13(16)17)14-18-12/h3-6H,1-2H3,(H,16,17). The Bertz CT molecular complexity index is 628. The summed E-state index contributed by atoms with van der Waals surface area (Å²) in [5.74, 6) is -0.890. The Labute approximate surface area is 103 Å². The van der Waals surface area contributed by atoms with Crippen molar-refractivity contribution >= 4 is 12.3 Å². The number of nitrogens with zero attached hydrogens (tertiary/aromatic N) is 1. The first kappa shape index (κ1) is 12.0. The van der Waals surface area contributed by atoms with E-state index < -0.39 is 5.97 Å². The SMILES string of the molecule is Cc1cc(C=O)c(-c2cc(C(=O)O)no2)cc1C. The number of aromatic carboxylic acids is 1. The normalized spacial score (nSPS) is 10.3. The Hall–Kier alpha value is -2.43. The van der Waals surface area contributed by atoms with E-state index in [-0.39, 0.29) is 11.5 Å². The molecular weight excluding hydrogens is 234 g/mol. The van der Waals surface area contributed by atoms with Gasteiger partial charge in [-0.05, 0) is 37.1 Å². The molecule has 1 aromatic carbocycles. The van der Waals surface area contributed by atoms with Gasteiger partial charge in [0.25, 0.3) is 0 Å². The fourth-order valence-electron chi connectivity index (χ4n) is 1.65. The zero-order chi connectivity index (χ0) is 13.3. The van der Waals surface area contributed by atoms with Crippen molar-refractivity contribution in [3.8, 4) is 11.3 Å². The molecule has 0 saturated carbocycles. The Morgan fingerprint density at radius 3 is 2.50 bits per heavy atom. The van der Waals surface area contributed by atoms with Crippen molar-refractivity contribution in [3.63, 3.8) is 0 Å². The molecule has 1 aromatic heterocycles. The Morgan fingerprint density at radius 1 is 1.28 bits per heavy atom. The highest BCUT2D eigenvalue weighted by Gasteiger charge is 2.15. The van der Waals surface area contributed by atoms with Gasteiger partial charge in [-0.1, -0.05) is 5.16 Å². The third-order valence-electron chi connectivity index (χ3n) is 2.79. The van der Waals surface area contributed by atoms with Gasteiger partial charge in [-0.25, -0.2) is 4.79 Å². The highest BCUT2D eigenvalue weighted by atomic mass is 16.5. The molecule has 5 nitrogen and oxygen atoms in total. The van der Waals surface area contributed by atoms with Gasteiger partial charge in [-0.15, -0.1) is 0 Å². The lowest BCUT2D eigenvalue weighted by molar-refractivity contribution is 0.0685. The predicted octanol–water partition coefficient (Wildman–Crippen LogP) is 2.47. The van der Waals surface area contributed by atoms with Crippen LogP contribution >= 0.6 is 0 Å². The molecule has 0 atom stereocenters. The fraction of sp³-hybridized carbons (Fsp3) is 0.154. The van der Waals surface area contributed by atoms with Gasteiger partial charge in [0.1, 0.15) is 0 Å². The summed E-state index contributed by atoms with van der Waals surface area (Å²) in [6.07, 6.45) is 0.713. The average Bonchev–Trinajstić information content (AvgIpc) is 2.81. The third kappa shape index (κ3) is 2.02. The van der Waals surface area contributed by atoms with Gasteiger partial charge < -0.3 is 9.63 Å². The number of hydrogen-bond donors (Lipinski definition) is 1. The molecule has 0 aliphatic heterocycles. The van der Waals surface area contributed by atoms with E-state index in [0.717, 1.165) is 11.1 Å². The van der Waals surface area contributed by atoms with Crippen LogP contribution < -0.4 is 0 Å². The summed E-state index contributed by atoms with van der Waals surface area (Å²) in [6.45, 7) is 3.80. The molecular formula is C13H11NO4. The zero-order valence-corrected chi connectivity index (χ0v) is 9.93. The molecule has 1 heterocycles. The minimum absolute atomic E-state index is 0.180. The number of aryl methyl sites for hydroxylation is 2. The molecule has 0 fully saturated rings. The van der Waals surface area contributed by atoms with E-state index in [1.165, 1.54) is 6.07 Å². The Balaban J connectivity index is 2.58. The van der Waals surface area contributed by atoms with E-state index >= 15 is 0 Å². The van der Waals surface area contributed by atoms with Crippen LogP contribution in [-0.2, 0) is 0 Å². The molecule has 0 unspecified atom stereocenters. The third-order valence-corrected chi connectivity index (χ3v) is 2.79. The largest absolute Gasteiger partial charge is 0.476 e. The van der Waals surface area contributed by atoms with E-state index in [4.69, 9.17) is 9.63 Å². The lowest BCUT2D eigenvalue weighted by Crippen LogP contribution is -1.94. The number of aldehydes is 1. The van der Waals surface area contributed by atoms with Crippen LogP contribution in [0.3, 0.4) is 0 Å². The predicted molar refractivity (Wildman–Crippen MR) is 63.8 cm³/mol. The molecule has 0 aliphatic carbocycles. The molecule has 5 heteroatoms. The van der Waals surface area contributed by atoms with Gasteiger partial charge in [0.05, 0.1) is 0 Å². The van der Waals surface area contributed by atoms with E-state index in [0.29, 0.717) is 17.4 Å². The molecule has 0 aliphatic rings. The first-order valence-electron chi connectivity index (χ1n) is 5.29. The van der Waals surface area contributed by atoms with Crippen molar-refractivity contribution < 1.29 is 19.2 Å². The zero-order valence-electron chi connectivity index (χ0n) is 9.93. The maximum absolute atomic E-state index is 11.0. The molecule has 0 bridgehead atoms. The van der Waals surface area contributed by atoms with Crippen LogP contribution in [0, 0.1) is 13.8 Å². The highest BCUT2D eigenvalue weighted by Crippen LogP contribution is 2.26. The lowest BCUT2D eigenvalue weighted by Gasteiger charge is -2.05. The molecule has 18 heavy (non-hydrogen) atoms. The molecule has 0 radical (unpaired) electrons. The van der Waals surface area contributed by atoms with Crippen molar-refractivity contribution in [3.05, 3.63) is 40.6 Å². The summed E-state index contributed by atoms with van der Waals surface area (Å²) in [7, 11) is 0. The number of carboxylic acids is 1. The summed E-state index contributed by atoms with van der Waals surface area (Å²) >= 11 is 0. The second-order valence-electron chi connectivity index (χ2n) is 4.02. The summed E-state index contributed by atoms with van der Waals surface area (Å²) in [6, 6.07) is 4.82. The topological polar surface area (TPSA) is 80.4 Å². The van der Waals surface area contributed by atoms with Crippen molar-refractivity contribution in [2.24, 2.45) is 0 Å². The molecule has 2 aromatic rings. The maximum atomic E-state index is 11.0. The van der Waals surface area contributed by atoms with E-state index in [9.17, 15) is 9.59 Å². The number of hydrogen-bond acceptors (Lipinski definition) is 4. The number of benzene rings is 1. The Morgan fingerprint density at radius 2 is 1.94 bits per heavy atom. The Kier molecular flexibility index (Phi) is 2.97. The number of aromatic nitrogens is 1. The van der Waals surface area contributed by atoms with E-state index in [1.807, 2.05) is 13.8 Å². The van der Waals surface area contributed by atoms with Crippen LogP contribution in [0.15, 0.2) is 22.7 Å². The van der Waals surface area contributed by atoms with Crippen LogP contribution in [0.25, 0.3) is 11.3 Å². The van der Waals surface area contributed by atoms with Gasteiger partial charge in [0.2, 0.25) is 0 Å². The number of carbonyl (C=O) groups excluding carboxylic acids is 1. The molecule has 2 rings (SSSR count). The summed E-state index contributed by atoms with van der Waals surface area (Å²) < 4.78 is 4.96. The van der Waals surface area contributed by atoms with Crippen LogP contribution in [0.4, 0.5) is 0 Å². The quantitative estimate of drug-likeness (QED) is 0.840. The minimum atomic E-state index is -1.17. The summed E-state index contributed by atoms with van der Waals surface area (Å²) in [5.41, 5.74) is 2.79. The summed E-state index contributed by atoms with van der Waals surface area (Å²) in [4.78, 5) is 21.8.